The lowest BCUT2D eigenvalue weighted by molar-refractivity contribution is -0.126. The Morgan fingerprint density at radius 1 is 1.09 bits per heavy atom. The first-order valence-electron chi connectivity index (χ1n) is 11.0. The van der Waals surface area contributed by atoms with Gasteiger partial charge in [-0.2, -0.15) is 0 Å². The zero-order valence-electron chi connectivity index (χ0n) is 19.2. The van der Waals surface area contributed by atoms with Crippen LogP contribution < -0.4 is 10.6 Å². The number of methoxy groups -OCH3 is 1. The highest BCUT2D eigenvalue weighted by molar-refractivity contribution is 7.13. The lowest BCUT2D eigenvalue weighted by Gasteiger charge is -2.23. The second-order valence-electron chi connectivity index (χ2n) is 8.03. The van der Waals surface area contributed by atoms with Gasteiger partial charge < -0.3 is 25.2 Å². The summed E-state index contributed by atoms with van der Waals surface area (Å²) in [7, 11) is 1.43. The number of carbonyl (C=O) groups is 3. The molecule has 1 aliphatic rings. The topological polar surface area (TPSA) is 127 Å². The third kappa shape index (κ3) is 5.33. The molecule has 0 saturated carbocycles. The van der Waals surface area contributed by atoms with Crippen LogP contribution in [0.25, 0.3) is 11.1 Å². The van der Waals surface area contributed by atoms with Gasteiger partial charge in [-0.15, -0.1) is 11.3 Å². The molecule has 1 heterocycles. The van der Waals surface area contributed by atoms with Crippen LogP contribution in [-0.4, -0.2) is 53.9 Å². The number of hydrogen-bond acceptors (Lipinski definition) is 7. The van der Waals surface area contributed by atoms with Crippen LogP contribution in [-0.2, 0) is 20.8 Å². The number of rotatable bonds is 9. The number of ether oxygens (including phenoxy) is 2. The molecular weight excluding hydrogens is 470 g/mol. The van der Waals surface area contributed by atoms with E-state index < -0.39 is 30.1 Å². The maximum absolute atomic E-state index is 12.8. The molecule has 0 saturated heterocycles. The molecule has 0 fully saturated rings. The minimum Gasteiger partial charge on any atom is -0.477 e. The van der Waals surface area contributed by atoms with Crippen molar-refractivity contribution in [2.24, 2.45) is 0 Å². The molecular formula is C25H25N3O6S. The number of nitrogens with one attached hydrogen (secondary N) is 2. The predicted octanol–water partition coefficient (Wildman–Crippen LogP) is 3.40. The van der Waals surface area contributed by atoms with Crippen LogP contribution in [0.4, 0.5) is 4.79 Å². The number of carbonyl (C=O) groups excluding carboxylic acids is 2. The SMILES string of the molecule is COC(C)C(NC(=O)OCC1c2ccccc2-c2ccccc21)C(=O)NCc1ncc(C(=O)O)s1. The summed E-state index contributed by atoms with van der Waals surface area (Å²) in [5.41, 5.74) is 4.42. The van der Waals surface area contributed by atoms with Crippen LogP contribution in [0.2, 0.25) is 0 Å². The van der Waals surface area contributed by atoms with Gasteiger partial charge >= 0.3 is 12.1 Å². The van der Waals surface area contributed by atoms with Crippen LogP contribution in [0.1, 0.15) is 38.6 Å². The zero-order valence-corrected chi connectivity index (χ0v) is 20.0. The smallest absolute Gasteiger partial charge is 0.407 e. The minimum absolute atomic E-state index is 0.0239. The van der Waals surface area contributed by atoms with Crippen molar-refractivity contribution in [1.29, 1.82) is 0 Å². The third-order valence-electron chi connectivity index (χ3n) is 5.92. The highest BCUT2D eigenvalue weighted by atomic mass is 32.1. The van der Waals surface area contributed by atoms with Crippen molar-refractivity contribution in [2.75, 3.05) is 13.7 Å². The Balaban J connectivity index is 1.38. The number of aromatic carboxylic acids is 1. The van der Waals surface area contributed by atoms with Gasteiger partial charge in [0, 0.05) is 13.0 Å². The number of amides is 2. The first-order chi connectivity index (χ1) is 16.9. The quantitative estimate of drug-likeness (QED) is 0.415. The first kappa shape index (κ1) is 24.4. The molecule has 2 atom stereocenters. The molecule has 0 spiro atoms. The van der Waals surface area contributed by atoms with E-state index in [-0.39, 0.29) is 23.9 Å². The number of carboxylic acids is 1. The van der Waals surface area contributed by atoms with Crippen LogP contribution in [0, 0.1) is 0 Å². The van der Waals surface area contributed by atoms with Crippen LogP contribution >= 0.6 is 11.3 Å². The number of hydrogen-bond donors (Lipinski definition) is 3. The molecule has 182 valence electrons. The first-order valence-corrected chi connectivity index (χ1v) is 11.8. The van der Waals surface area contributed by atoms with Crippen LogP contribution in [0.5, 0.6) is 0 Å². The summed E-state index contributed by atoms with van der Waals surface area (Å²) in [6.45, 7) is 1.79. The van der Waals surface area contributed by atoms with E-state index in [1.165, 1.54) is 13.3 Å². The van der Waals surface area contributed by atoms with E-state index in [1.807, 2.05) is 36.4 Å². The van der Waals surface area contributed by atoms with Gasteiger partial charge in [-0.25, -0.2) is 14.6 Å². The van der Waals surface area contributed by atoms with Crippen LogP contribution in [0.15, 0.2) is 54.7 Å². The largest absolute Gasteiger partial charge is 0.477 e. The summed E-state index contributed by atoms with van der Waals surface area (Å²) in [5.74, 6) is -1.68. The van der Waals surface area contributed by atoms with Gasteiger partial charge in [-0.3, -0.25) is 4.79 Å². The van der Waals surface area contributed by atoms with E-state index in [0.717, 1.165) is 33.6 Å². The third-order valence-corrected chi connectivity index (χ3v) is 6.90. The van der Waals surface area contributed by atoms with Crippen molar-refractivity contribution in [3.63, 3.8) is 0 Å². The van der Waals surface area contributed by atoms with Crippen molar-refractivity contribution in [1.82, 2.24) is 15.6 Å². The second-order valence-corrected chi connectivity index (χ2v) is 9.14. The number of benzene rings is 2. The van der Waals surface area contributed by atoms with Crippen LogP contribution in [0.3, 0.4) is 0 Å². The van der Waals surface area contributed by atoms with Crippen molar-refractivity contribution in [3.05, 3.63) is 75.7 Å². The van der Waals surface area contributed by atoms with Gasteiger partial charge in [0.05, 0.1) is 18.8 Å². The maximum Gasteiger partial charge on any atom is 0.407 e. The van der Waals surface area contributed by atoms with Gasteiger partial charge in [0.2, 0.25) is 5.91 Å². The van der Waals surface area contributed by atoms with E-state index in [4.69, 9.17) is 14.6 Å². The van der Waals surface area contributed by atoms with Crippen molar-refractivity contribution >= 4 is 29.3 Å². The van der Waals surface area contributed by atoms with Crippen molar-refractivity contribution in [2.45, 2.75) is 31.5 Å². The molecule has 3 aromatic rings. The Hall–Kier alpha value is -3.76. The normalized spacial score (nSPS) is 13.9. The second kappa shape index (κ2) is 10.7. The number of nitrogens with zero attached hydrogens (tertiary/aromatic N) is 1. The fourth-order valence-electron chi connectivity index (χ4n) is 4.06. The number of carboxylic acid groups (broad SMARTS) is 1. The Labute approximate surface area is 206 Å². The predicted molar refractivity (Wildman–Crippen MR) is 129 cm³/mol. The Bertz CT molecular complexity index is 1200. The fraction of sp³-hybridized carbons (Fsp3) is 0.280. The molecule has 1 aromatic heterocycles. The highest BCUT2D eigenvalue weighted by Crippen LogP contribution is 2.44. The van der Waals surface area contributed by atoms with Crippen molar-refractivity contribution < 1.29 is 29.0 Å². The van der Waals surface area contributed by atoms with E-state index in [2.05, 4.69) is 27.8 Å². The van der Waals surface area contributed by atoms with Gasteiger partial charge in [0.25, 0.3) is 0 Å². The molecule has 4 rings (SSSR count). The van der Waals surface area contributed by atoms with E-state index in [0.29, 0.717) is 5.01 Å². The average Bonchev–Trinajstić information content (AvgIpc) is 3.47. The highest BCUT2D eigenvalue weighted by Gasteiger charge is 2.31. The van der Waals surface area contributed by atoms with Gasteiger partial charge in [0.15, 0.2) is 0 Å². The summed E-state index contributed by atoms with van der Waals surface area (Å²) >= 11 is 0.965. The molecule has 10 heteroatoms. The summed E-state index contributed by atoms with van der Waals surface area (Å²) < 4.78 is 10.8. The van der Waals surface area contributed by atoms with Gasteiger partial charge in [-0.05, 0) is 29.2 Å². The number of thiazole rings is 1. The molecule has 2 amide bonds. The minimum atomic E-state index is -1.08. The summed E-state index contributed by atoms with van der Waals surface area (Å²) in [4.78, 5) is 40.5. The molecule has 0 radical (unpaired) electrons. The molecule has 1 aliphatic carbocycles. The maximum atomic E-state index is 12.8. The molecule has 9 nitrogen and oxygen atoms in total. The van der Waals surface area contributed by atoms with Gasteiger partial charge in [-0.1, -0.05) is 48.5 Å². The molecule has 0 aliphatic heterocycles. The van der Waals surface area contributed by atoms with E-state index >= 15 is 0 Å². The lowest BCUT2D eigenvalue weighted by atomic mass is 9.98. The summed E-state index contributed by atoms with van der Waals surface area (Å²) in [6.07, 6.45) is -0.140. The lowest BCUT2D eigenvalue weighted by Crippen LogP contribution is -2.53. The molecule has 3 N–H and O–H groups in total. The fourth-order valence-corrected chi connectivity index (χ4v) is 4.76. The van der Waals surface area contributed by atoms with E-state index in [1.54, 1.807) is 6.92 Å². The molecule has 2 aromatic carbocycles. The number of aromatic nitrogens is 1. The monoisotopic (exact) mass is 495 g/mol. The van der Waals surface area contributed by atoms with Crippen molar-refractivity contribution in [3.8, 4) is 11.1 Å². The van der Waals surface area contributed by atoms with E-state index in [9.17, 15) is 14.4 Å². The standard InChI is InChI=1S/C25H25N3O6S/c1-14(33-2)22(23(29)27-12-21-26-11-20(35-21)24(30)31)28-25(32)34-13-19-17-9-5-3-7-15(17)16-8-4-6-10-18(16)19/h3-11,14,19,22H,12-13H2,1-2H3,(H,27,29)(H,28,32)(H,30,31). The molecule has 35 heavy (non-hydrogen) atoms. The Morgan fingerprint density at radius 3 is 2.29 bits per heavy atom. The van der Waals surface area contributed by atoms with Gasteiger partial charge in [0.1, 0.15) is 22.5 Å². The number of fused-ring (bicyclic) bond motifs is 3. The molecule has 2 unspecified atom stereocenters. The Morgan fingerprint density at radius 2 is 1.71 bits per heavy atom. The number of alkyl carbamates (subject to hydrolysis) is 1. The molecule has 0 bridgehead atoms. The Kier molecular flexibility index (Phi) is 7.42. The summed E-state index contributed by atoms with van der Waals surface area (Å²) in [6, 6.07) is 15.0. The summed E-state index contributed by atoms with van der Waals surface area (Å²) in [5, 5.41) is 14.7. The average molecular weight is 496 g/mol. The zero-order chi connectivity index (χ0) is 24.9.